The van der Waals surface area contributed by atoms with Gasteiger partial charge in [0.2, 0.25) is 5.91 Å². The van der Waals surface area contributed by atoms with Crippen molar-refractivity contribution in [3.05, 3.63) is 0 Å². The standard InChI is InChI=1S/C13H23NO/c1-3-14(4-2)12(15)13-8-5-11(6-9-13)7-10-13/h11H,3-10H2,1-2H3. The molecule has 3 aliphatic rings. The topological polar surface area (TPSA) is 20.3 Å². The smallest absolute Gasteiger partial charge is 0.228 e. The van der Waals surface area contributed by atoms with Crippen molar-refractivity contribution >= 4 is 5.91 Å². The number of hydrogen-bond donors (Lipinski definition) is 0. The van der Waals surface area contributed by atoms with Gasteiger partial charge in [0, 0.05) is 18.5 Å². The molecular formula is C13H23NO. The van der Waals surface area contributed by atoms with E-state index in [-0.39, 0.29) is 5.41 Å². The van der Waals surface area contributed by atoms with Crippen LogP contribution >= 0.6 is 0 Å². The van der Waals surface area contributed by atoms with E-state index in [2.05, 4.69) is 13.8 Å². The highest BCUT2D eigenvalue weighted by Crippen LogP contribution is 2.51. The summed E-state index contributed by atoms with van der Waals surface area (Å²) in [4.78, 5) is 14.5. The Labute approximate surface area is 93.0 Å². The Bertz CT molecular complexity index is 223. The molecule has 0 spiro atoms. The third-order valence-corrected chi connectivity index (χ3v) is 4.60. The second-order valence-corrected chi connectivity index (χ2v) is 5.24. The molecule has 0 aromatic carbocycles. The molecule has 0 heterocycles. The first-order chi connectivity index (χ1) is 7.22. The molecule has 15 heavy (non-hydrogen) atoms. The number of fused-ring (bicyclic) bond motifs is 3. The zero-order valence-corrected chi connectivity index (χ0v) is 10.1. The fourth-order valence-electron chi connectivity index (χ4n) is 3.42. The second kappa shape index (κ2) is 4.15. The van der Waals surface area contributed by atoms with Crippen LogP contribution in [0, 0.1) is 11.3 Å². The van der Waals surface area contributed by atoms with E-state index in [1.165, 1.54) is 19.3 Å². The maximum absolute atomic E-state index is 12.5. The van der Waals surface area contributed by atoms with Gasteiger partial charge in [0.05, 0.1) is 0 Å². The Hall–Kier alpha value is -0.530. The fourth-order valence-corrected chi connectivity index (χ4v) is 3.42. The molecule has 3 aliphatic carbocycles. The second-order valence-electron chi connectivity index (χ2n) is 5.24. The minimum absolute atomic E-state index is 0.0563. The van der Waals surface area contributed by atoms with Crippen LogP contribution in [0.15, 0.2) is 0 Å². The Morgan fingerprint density at radius 1 is 1.13 bits per heavy atom. The van der Waals surface area contributed by atoms with Crippen LogP contribution in [0.3, 0.4) is 0 Å². The van der Waals surface area contributed by atoms with Crippen molar-refractivity contribution in [3.8, 4) is 0 Å². The lowest BCUT2D eigenvalue weighted by Gasteiger charge is -2.47. The lowest BCUT2D eigenvalue weighted by Crippen LogP contribution is -2.48. The summed E-state index contributed by atoms with van der Waals surface area (Å²) in [7, 11) is 0. The van der Waals surface area contributed by atoms with Crippen LogP contribution in [-0.2, 0) is 4.79 Å². The lowest BCUT2D eigenvalue weighted by atomic mass is 9.60. The zero-order chi connectivity index (χ0) is 10.9. The molecule has 0 N–H and O–H groups in total. The Balaban J connectivity index is 2.10. The maximum atomic E-state index is 12.5. The molecule has 1 amide bonds. The van der Waals surface area contributed by atoms with Crippen LogP contribution in [0.4, 0.5) is 0 Å². The summed E-state index contributed by atoms with van der Waals surface area (Å²) < 4.78 is 0. The molecule has 2 bridgehead atoms. The van der Waals surface area contributed by atoms with Gasteiger partial charge in [0.1, 0.15) is 0 Å². The number of amides is 1. The summed E-state index contributed by atoms with van der Waals surface area (Å²) in [5, 5.41) is 0. The van der Waals surface area contributed by atoms with Crippen LogP contribution in [0.5, 0.6) is 0 Å². The fraction of sp³-hybridized carbons (Fsp3) is 0.923. The highest BCUT2D eigenvalue weighted by atomic mass is 16.2. The van der Waals surface area contributed by atoms with Crippen LogP contribution < -0.4 is 0 Å². The molecule has 0 atom stereocenters. The Morgan fingerprint density at radius 3 is 2.00 bits per heavy atom. The van der Waals surface area contributed by atoms with Crippen molar-refractivity contribution in [3.63, 3.8) is 0 Å². The molecule has 2 heteroatoms. The molecule has 2 nitrogen and oxygen atoms in total. The van der Waals surface area contributed by atoms with Crippen LogP contribution in [-0.4, -0.2) is 23.9 Å². The van der Waals surface area contributed by atoms with E-state index in [0.717, 1.165) is 38.3 Å². The number of hydrogen-bond acceptors (Lipinski definition) is 1. The average Bonchev–Trinajstić information content (AvgIpc) is 2.33. The van der Waals surface area contributed by atoms with Gasteiger partial charge in [-0.2, -0.15) is 0 Å². The van der Waals surface area contributed by atoms with E-state index in [4.69, 9.17) is 0 Å². The molecule has 0 aromatic heterocycles. The Kier molecular flexibility index (Phi) is 3.03. The predicted molar refractivity (Wildman–Crippen MR) is 61.6 cm³/mol. The minimum atomic E-state index is 0.0563. The van der Waals surface area contributed by atoms with E-state index in [1.54, 1.807) is 0 Å². The molecule has 0 radical (unpaired) electrons. The molecule has 0 saturated heterocycles. The van der Waals surface area contributed by atoms with Gasteiger partial charge in [-0.3, -0.25) is 4.79 Å². The van der Waals surface area contributed by atoms with E-state index in [1.807, 2.05) is 4.90 Å². The first kappa shape index (κ1) is 11.0. The van der Waals surface area contributed by atoms with Crippen molar-refractivity contribution in [2.45, 2.75) is 52.4 Å². The molecule has 3 rings (SSSR count). The number of carbonyl (C=O) groups excluding carboxylic acids is 1. The normalized spacial score (nSPS) is 34.1. The first-order valence-corrected chi connectivity index (χ1v) is 6.51. The summed E-state index contributed by atoms with van der Waals surface area (Å²) in [5.41, 5.74) is 0.0563. The molecule has 0 aromatic rings. The van der Waals surface area contributed by atoms with E-state index in [0.29, 0.717) is 5.91 Å². The number of carbonyl (C=O) groups is 1. The monoisotopic (exact) mass is 209 g/mol. The highest BCUT2D eigenvalue weighted by molar-refractivity contribution is 5.83. The lowest BCUT2D eigenvalue weighted by molar-refractivity contribution is -0.148. The molecular weight excluding hydrogens is 186 g/mol. The van der Waals surface area contributed by atoms with E-state index in [9.17, 15) is 4.79 Å². The summed E-state index contributed by atoms with van der Waals surface area (Å²) in [6.07, 6.45) is 7.38. The molecule has 0 aliphatic heterocycles. The third-order valence-electron chi connectivity index (χ3n) is 4.60. The minimum Gasteiger partial charge on any atom is -0.343 e. The van der Waals surface area contributed by atoms with Crippen LogP contribution in [0.2, 0.25) is 0 Å². The van der Waals surface area contributed by atoms with E-state index >= 15 is 0 Å². The quantitative estimate of drug-likeness (QED) is 0.700. The SMILES string of the molecule is CCN(CC)C(=O)C12CCC(CC1)CC2. The number of rotatable bonds is 3. The van der Waals surface area contributed by atoms with Gasteiger partial charge in [-0.1, -0.05) is 0 Å². The van der Waals surface area contributed by atoms with Crippen molar-refractivity contribution in [2.24, 2.45) is 11.3 Å². The van der Waals surface area contributed by atoms with Crippen LogP contribution in [0.25, 0.3) is 0 Å². The van der Waals surface area contributed by atoms with Gasteiger partial charge < -0.3 is 4.90 Å². The zero-order valence-electron chi connectivity index (χ0n) is 10.1. The first-order valence-electron chi connectivity index (χ1n) is 6.51. The molecule has 3 fully saturated rings. The maximum Gasteiger partial charge on any atom is 0.228 e. The van der Waals surface area contributed by atoms with Crippen molar-refractivity contribution < 1.29 is 4.79 Å². The van der Waals surface area contributed by atoms with E-state index < -0.39 is 0 Å². The molecule has 86 valence electrons. The number of nitrogens with zero attached hydrogens (tertiary/aromatic N) is 1. The van der Waals surface area contributed by atoms with Gasteiger partial charge in [-0.05, 0) is 58.3 Å². The predicted octanol–water partition coefficient (Wildman–Crippen LogP) is 2.83. The largest absolute Gasteiger partial charge is 0.343 e. The summed E-state index contributed by atoms with van der Waals surface area (Å²) >= 11 is 0. The van der Waals surface area contributed by atoms with Crippen molar-refractivity contribution in [1.82, 2.24) is 4.90 Å². The summed E-state index contributed by atoms with van der Waals surface area (Å²) in [6.45, 7) is 5.93. The van der Waals surface area contributed by atoms with Gasteiger partial charge in [-0.15, -0.1) is 0 Å². The van der Waals surface area contributed by atoms with Crippen LogP contribution in [0.1, 0.15) is 52.4 Å². The average molecular weight is 209 g/mol. The summed E-state index contributed by atoms with van der Waals surface area (Å²) in [6, 6.07) is 0. The van der Waals surface area contributed by atoms with Gasteiger partial charge in [-0.25, -0.2) is 0 Å². The highest BCUT2D eigenvalue weighted by Gasteiger charge is 2.46. The van der Waals surface area contributed by atoms with Crippen molar-refractivity contribution in [1.29, 1.82) is 0 Å². The Morgan fingerprint density at radius 2 is 1.60 bits per heavy atom. The summed E-state index contributed by atoms with van der Waals surface area (Å²) in [5.74, 6) is 1.39. The van der Waals surface area contributed by atoms with Gasteiger partial charge >= 0.3 is 0 Å². The van der Waals surface area contributed by atoms with Gasteiger partial charge in [0.25, 0.3) is 0 Å². The third kappa shape index (κ3) is 1.79. The molecule has 3 saturated carbocycles. The van der Waals surface area contributed by atoms with Gasteiger partial charge in [0.15, 0.2) is 0 Å². The van der Waals surface area contributed by atoms with Crippen molar-refractivity contribution in [2.75, 3.05) is 13.1 Å². The molecule has 0 unspecified atom stereocenters.